The highest BCUT2D eigenvalue weighted by Crippen LogP contribution is 2.49. The van der Waals surface area contributed by atoms with Crippen molar-refractivity contribution in [2.24, 2.45) is 0 Å². The summed E-state index contributed by atoms with van der Waals surface area (Å²) < 4.78 is 10.5. The fourth-order valence-corrected chi connectivity index (χ4v) is 3.58. The number of nitrogens with one attached hydrogen (secondary N) is 1. The molecule has 5 nitrogen and oxygen atoms in total. The van der Waals surface area contributed by atoms with E-state index in [2.05, 4.69) is 5.32 Å². The van der Waals surface area contributed by atoms with Gasteiger partial charge in [0, 0.05) is 6.99 Å². The van der Waals surface area contributed by atoms with Crippen LogP contribution in [0, 0.1) is 6.92 Å². The molecule has 0 unspecified atom stereocenters. The molecule has 0 aliphatic heterocycles. The van der Waals surface area contributed by atoms with Crippen LogP contribution in [0.1, 0.15) is 25.4 Å². The maximum Gasteiger partial charge on any atom is 0.236 e. The average molecular weight is 390 g/mol. The van der Waals surface area contributed by atoms with Crippen LogP contribution in [0.2, 0.25) is 0 Å². The predicted octanol–water partition coefficient (Wildman–Crippen LogP) is 4.99. The summed E-state index contributed by atoms with van der Waals surface area (Å²) in [5.41, 5.74) is 3.35. The molecule has 5 heteroatoms. The van der Waals surface area contributed by atoms with Crippen LogP contribution in [0.5, 0.6) is 11.5 Å². The topological polar surface area (TPSA) is 60.5 Å². The van der Waals surface area contributed by atoms with Gasteiger partial charge in [-0.25, -0.2) is 4.98 Å². The third kappa shape index (κ3) is 3.68. The fraction of sp³-hybridized carbons (Fsp3) is 0.250. The van der Waals surface area contributed by atoms with Crippen molar-refractivity contribution in [3.63, 3.8) is 0 Å². The van der Waals surface area contributed by atoms with Gasteiger partial charge in [0.25, 0.3) is 0 Å². The van der Waals surface area contributed by atoms with Crippen molar-refractivity contribution in [1.29, 1.82) is 0 Å². The van der Waals surface area contributed by atoms with E-state index < -0.39 is 5.41 Å². The molecule has 4 rings (SSSR count). The van der Waals surface area contributed by atoms with E-state index in [4.69, 9.17) is 14.5 Å². The average Bonchev–Trinajstić information content (AvgIpc) is 3.57. The molecule has 150 valence electrons. The first-order valence-electron chi connectivity index (χ1n) is 9.64. The number of methoxy groups -OCH3 is 2. The van der Waals surface area contributed by atoms with Crippen LogP contribution >= 0.6 is 0 Å². The number of anilines is 1. The zero-order valence-electron chi connectivity index (χ0n) is 16.9. The Kier molecular flexibility index (Phi) is 4.97. The Morgan fingerprint density at radius 1 is 1.00 bits per heavy atom. The van der Waals surface area contributed by atoms with Gasteiger partial charge < -0.3 is 14.8 Å². The molecule has 3 aromatic rings. The van der Waals surface area contributed by atoms with Gasteiger partial charge in [0.15, 0.2) is 0 Å². The van der Waals surface area contributed by atoms with E-state index in [-0.39, 0.29) is 7.33 Å². The summed E-state index contributed by atoms with van der Waals surface area (Å²) in [6, 6.07) is 19.3. The lowest BCUT2D eigenvalue weighted by molar-refractivity contribution is -0.118. The first kappa shape index (κ1) is 19.0. The van der Waals surface area contributed by atoms with Crippen LogP contribution in [0.3, 0.4) is 0 Å². The SMILES string of the molecule is COc1ccc(C2(C(=O)Nc3ccc(C)c(-c4cccc(OC)c4)n3)CC2)cc1.[HH]. The van der Waals surface area contributed by atoms with Gasteiger partial charge in [0.05, 0.1) is 25.3 Å². The minimum atomic E-state index is -0.477. The number of aryl methyl sites for hydroxylation is 1. The largest absolute Gasteiger partial charge is 0.497 e. The summed E-state index contributed by atoms with van der Waals surface area (Å²) in [6.07, 6.45) is 1.67. The molecular weight excluding hydrogens is 364 g/mol. The van der Waals surface area contributed by atoms with Gasteiger partial charge >= 0.3 is 0 Å². The quantitative estimate of drug-likeness (QED) is 0.644. The smallest absolute Gasteiger partial charge is 0.236 e. The molecule has 0 saturated heterocycles. The van der Waals surface area contributed by atoms with E-state index >= 15 is 0 Å². The molecule has 1 fully saturated rings. The second-order valence-corrected chi connectivity index (χ2v) is 7.36. The highest BCUT2D eigenvalue weighted by molar-refractivity contribution is 6.01. The minimum absolute atomic E-state index is 0. The molecule has 1 aromatic heterocycles. The zero-order valence-corrected chi connectivity index (χ0v) is 16.9. The Morgan fingerprint density at radius 2 is 1.72 bits per heavy atom. The van der Waals surface area contributed by atoms with Crippen LogP contribution in [0.4, 0.5) is 5.82 Å². The summed E-state index contributed by atoms with van der Waals surface area (Å²) in [6.45, 7) is 2.01. The number of benzene rings is 2. The van der Waals surface area contributed by atoms with Gasteiger partial charge in [-0.1, -0.05) is 30.3 Å². The van der Waals surface area contributed by atoms with Crippen molar-refractivity contribution in [2.45, 2.75) is 25.2 Å². The van der Waals surface area contributed by atoms with Gasteiger partial charge in [0.1, 0.15) is 17.3 Å². The normalized spacial score (nSPS) is 14.2. The molecule has 1 heterocycles. The standard InChI is InChI=1S/C24H24N2O3.H2/c1-16-7-12-21(25-22(16)17-5-4-6-20(15-17)29-3)26-23(27)24(13-14-24)18-8-10-19(28-2)11-9-18;/h4-12,15H,13-14H2,1-3H3,(H,25,26,27);1H. The maximum absolute atomic E-state index is 13.1. The van der Waals surface area contributed by atoms with Crippen molar-refractivity contribution >= 4 is 11.7 Å². The van der Waals surface area contributed by atoms with Crippen LogP contribution in [-0.4, -0.2) is 25.1 Å². The summed E-state index contributed by atoms with van der Waals surface area (Å²) in [5, 5.41) is 3.03. The molecule has 0 radical (unpaired) electrons. The molecule has 1 saturated carbocycles. The number of aromatic nitrogens is 1. The predicted molar refractivity (Wildman–Crippen MR) is 116 cm³/mol. The molecular formula is C24H26N2O3. The number of ether oxygens (including phenoxy) is 2. The van der Waals surface area contributed by atoms with E-state index in [1.165, 1.54) is 0 Å². The van der Waals surface area contributed by atoms with Crippen molar-refractivity contribution in [3.05, 3.63) is 71.8 Å². The number of pyridine rings is 1. The lowest BCUT2D eigenvalue weighted by Gasteiger charge is -2.17. The van der Waals surface area contributed by atoms with Crippen LogP contribution < -0.4 is 14.8 Å². The third-order valence-electron chi connectivity index (χ3n) is 5.51. The van der Waals surface area contributed by atoms with E-state index in [1.54, 1.807) is 14.2 Å². The highest BCUT2D eigenvalue weighted by Gasteiger charge is 2.51. The number of rotatable bonds is 6. The first-order valence-corrected chi connectivity index (χ1v) is 9.64. The van der Waals surface area contributed by atoms with Crippen LogP contribution in [-0.2, 0) is 10.2 Å². The van der Waals surface area contributed by atoms with Gasteiger partial charge in [-0.2, -0.15) is 0 Å². The summed E-state index contributed by atoms with van der Waals surface area (Å²) in [4.78, 5) is 17.8. The number of nitrogens with zero attached hydrogens (tertiary/aromatic N) is 1. The van der Waals surface area contributed by atoms with Crippen molar-refractivity contribution in [1.82, 2.24) is 4.98 Å². The van der Waals surface area contributed by atoms with Gasteiger partial charge in [-0.3, -0.25) is 4.79 Å². The lowest BCUT2D eigenvalue weighted by atomic mass is 9.95. The maximum atomic E-state index is 13.1. The van der Waals surface area contributed by atoms with Crippen molar-refractivity contribution < 1.29 is 15.7 Å². The van der Waals surface area contributed by atoms with Gasteiger partial charge in [-0.05, 0) is 61.2 Å². The third-order valence-corrected chi connectivity index (χ3v) is 5.51. The Labute approximate surface area is 172 Å². The molecule has 1 amide bonds. The van der Waals surface area contributed by atoms with Crippen molar-refractivity contribution in [3.8, 4) is 22.8 Å². The Hall–Kier alpha value is -3.34. The first-order chi connectivity index (χ1) is 14.1. The molecule has 0 bridgehead atoms. The molecule has 2 aromatic carbocycles. The number of carbonyl (C=O) groups excluding carboxylic acids is 1. The number of carbonyl (C=O) groups is 1. The molecule has 1 N–H and O–H groups in total. The molecule has 0 atom stereocenters. The van der Waals surface area contributed by atoms with E-state index in [0.717, 1.165) is 46.7 Å². The van der Waals surface area contributed by atoms with E-state index in [0.29, 0.717) is 5.82 Å². The van der Waals surface area contributed by atoms with Crippen LogP contribution in [0.15, 0.2) is 60.7 Å². The highest BCUT2D eigenvalue weighted by atomic mass is 16.5. The van der Waals surface area contributed by atoms with Crippen LogP contribution in [0.25, 0.3) is 11.3 Å². The molecule has 29 heavy (non-hydrogen) atoms. The fourth-order valence-electron chi connectivity index (χ4n) is 3.58. The molecule has 0 spiro atoms. The van der Waals surface area contributed by atoms with E-state index in [1.807, 2.05) is 67.6 Å². The number of hydrogen-bond donors (Lipinski definition) is 1. The Bertz CT molecular complexity index is 1050. The van der Waals surface area contributed by atoms with E-state index in [9.17, 15) is 4.79 Å². The van der Waals surface area contributed by atoms with Gasteiger partial charge in [-0.15, -0.1) is 0 Å². The van der Waals surface area contributed by atoms with Gasteiger partial charge in [0.2, 0.25) is 5.91 Å². The summed E-state index contributed by atoms with van der Waals surface area (Å²) in [7, 11) is 3.28. The Balaban J connectivity index is 0.00000256. The molecule has 1 aliphatic carbocycles. The number of amides is 1. The minimum Gasteiger partial charge on any atom is -0.497 e. The molecule has 1 aliphatic rings. The zero-order chi connectivity index (χ0) is 20.4. The second kappa shape index (κ2) is 7.59. The summed E-state index contributed by atoms with van der Waals surface area (Å²) in [5.74, 6) is 2.09. The second-order valence-electron chi connectivity index (χ2n) is 7.36. The number of hydrogen-bond acceptors (Lipinski definition) is 4. The monoisotopic (exact) mass is 390 g/mol. The lowest BCUT2D eigenvalue weighted by Crippen LogP contribution is -2.28. The summed E-state index contributed by atoms with van der Waals surface area (Å²) >= 11 is 0. The Morgan fingerprint density at radius 3 is 2.38 bits per heavy atom. The van der Waals surface area contributed by atoms with Crippen molar-refractivity contribution in [2.75, 3.05) is 19.5 Å².